The molecule has 0 aliphatic heterocycles. The van der Waals surface area contributed by atoms with Gasteiger partial charge in [-0.15, -0.1) is 0 Å². The van der Waals surface area contributed by atoms with Crippen molar-refractivity contribution in [1.29, 1.82) is 0 Å². The van der Waals surface area contributed by atoms with Crippen LogP contribution in [0, 0.1) is 0 Å². The summed E-state index contributed by atoms with van der Waals surface area (Å²) in [4.78, 5) is 7.87. The van der Waals surface area contributed by atoms with Gasteiger partial charge in [0.2, 0.25) is 0 Å². The van der Waals surface area contributed by atoms with Crippen LogP contribution in [0.4, 0.5) is 0 Å². The summed E-state index contributed by atoms with van der Waals surface area (Å²) in [5, 5.41) is 0. The smallest absolute Gasteiger partial charge is 0.231 e. The molecular weight excluding hydrogens is 184 g/mol. The van der Waals surface area contributed by atoms with E-state index in [1.807, 2.05) is 0 Å². The lowest BCUT2D eigenvalue weighted by Gasteiger charge is -2.14. The molecule has 0 saturated heterocycles. The summed E-state index contributed by atoms with van der Waals surface area (Å²) in [6.07, 6.45) is 13.5. The fourth-order valence-corrected chi connectivity index (χ4v) is 2.68. The quantitative estimate of drug-likeness (QED) is 0.670. The van der Waals surface area contributed by atoms with E-state index in [2.05, 4.69) is 16.0 Å². The van der Waals surface area contributed by atoms with Gasteiger partial charge in [-0.3, -0.25) is 0 Å². The second kappa shape index (κ2) is 6.07. The van der Waals surface area contributed by atoms with Crippen LogP contribution in [0.3, 0.4) is 0 Å². The molecule has 0 aromatic rings. The Labute approximate surface area is 92.9 Å². The monoisotopic (exact) mass is 207 g/mol. The molecule has 0 aromatic carbocycles. The summed E-state index contributed by atoms with van der Waals surface area (Å²) in [5.74, 6) is 0. The molecule has 15 heavy (non-hydrogen) atoms. The lowest BCUT2D eigenvalue weighted by atomic mass is 9.96. The molecule has 2 rings (SSSR count). The minimum absolute atomic E-state index is 0.565. The Kier molecular flexibility index (Phi) is 4.40. The average Bonchev–Trinajstić information content (AvgIpc) is 2.32. The molecule has 0 spiro atoms. The van der Waals surface area contributed by atoms with Gasteiger partial charge in [-0.2, -0.15) is 0 Å². The van der Waals surface area contributed by atoms with Gasteiger partial charge in [-0.05, 0) is 56.4 Å². The minimum atomic E-state index is 0.565. The van der Waals surface area contributed by atoms with Crippen molar-refractivity contribution in [2.75, 3.05) is 0 Å². The molecule has 0 amide bonds. The van der Waals surface area contributed by atoms with Crippen molar-refractivity contribution >= 4 is 6.01 Å². The topological polar surface area (TPSA) is 26.3 Å². The van der Waals surface area contributed by atoms with Crippen LogP contribution in [0.25, 0.3) is 0 Å². The van der Waals surface area contributed by atoms with Crippen LogP contribution in [0.15, 0.2) is 4.99 Å². The Bertz CT molecular complexity index is 207. The molecule has 2 aliphatic carbocycles. The van der Waals surface area contributed by atoms with Crippen LogP contribution in [-0.2, 0) is 0 Å². The summed E-state index contributed by atoms with van der Waals surface area (Å²) >= 11 is 0. The zero-order valence-electron chi connectivity index (χ0n) is 9.67. The maximum absolute atomic E-state index is 4.52. The predicted octanol–water partition coefficient (Wildman–Crippen LogP) is 1.91. The third kappa shape index (κ3) is 3.79. The number of rotatable bonds is 2. The highest BCUT2D eigenvalue weighted by Gasteiger charge is 2.16. The zero-order valence-corrected chi connectivity index (χ0v) is 9.67. The molecule has 2 nitrogen and oxygen atoms in total. The first-order valence-corrected chi connectivity index (χ1v) is 6.65. The minimum Gasteiger partial charge on any atom is -0.231 e. The summed E-state index contributed by atoms with van der Waals surface area (Å²) in [6.45, 7) is 0. The summed E-state index contributed by atoms with van der Waals surface area (Å²) in [6, 6.07) is 4.32. The molecule has 0 heterocycles. The standard InChI is InChI=1S/C13H22N2/c1-3-7-12(8-4-1)14-11-15-13-9-5-2-6-10-13/h12-13H,1-10H2/p+1. The van der Waals surface area contributed by atoms with E-state index in [1.54, 1.807) is 0 Å². The van der Waals surface area contributed by atoms with Crippen molar-refractivity contribution in [3.05, 3.63) is 0 Å². The molecule has 0 aromatic heterocycles. The number of nitrogens with zero attached hydrogens (tertiary/aromatic N) is 1. The first-order valence-electron chi connectivity index (χ1n) is 6.65. The summed E-state index contributed by atoms with van der Waals surface area (Å²) in [7, 11) is 0. The van der Waals surface area contributed by atoms with E-state index in [0.29, 0.717) is 12.1 Å². The Morgan fingerprint density at radius 2 is 1.40 bits per heavy atom. The molecule has 2 aliphatic rings. The van der Waals surface area contributed by atoms with Gasteiger partial charge in [-0.25, -0.2) is 4.99 Å². The molecular formula is C13H23N2+. The molecule has 0 atom stereocenters. The van der Waals surface area contributed by atoms with E-state index in [9.17, 15) is 0 Å². The third-order valence-corrected chi connectivity index (χ3v) is 3.70. The van der Waals surface area contributed by atoms with Crippen molar-refractivity contribution in [3.63, 3.8) is 0 Å². The van der Waals surface area contributed by atoms with Crippen LogP contribution in [-0.4, -0.2) is 18.1 Å². The van der Waals surface area contributed by atoms with Crippen LogP contribution < -0.4 is 4.99 Å². The molecule has 0 unspecified atom stereocenters. The molecule has 2 fully saturated rings. The largest absolute Gasteiger partial charge is 0.304 e. The second-order valence-corrected chi connectivity index (χ2v) is 5.01. The second-order valence-electron chi connectivity index (χ2n) is 5.01. The van der Waals surface area contributed by atoms with E-state index in [0.717, 1.165) is 0 Å². The van der Waals surface area contributed by atoms with Gasteiger partial charge in [0.25, 0.3) is 0 Å². The molecule has 84 valence electrons. The fourth-order valence-electron chi connectivity index (χ4n) is 2.68. The van der Waals surface area contributed by atoms with Crippen molar-refractivity contribution in [1.82, 2.24) is 0 Å². The predicted molar refractivity (Wildman–Crippen MR) is 62.1 cm³/mol. The number of hydrogen-bond donors (Lipinski definition) is 1. The Morgan fingerprint density at radius 3 is 2.07 bits per heavy atom. The Hall–Kier alpha value is -0.620. The van der Waals surface area contributed by atoms with Crippen LogP contribution in [0.2, 0.25) is 0 Å². The highest BCUT2D eigenvalue weighted by molar-refractivity contribution is 5.33. The van der Waals surface area contributed by atoms with E-state index in [1.165, 1.54) is 64.2 Å². The van der Waals surface area contributed by atoms with Gasteiger partial charge in [0.15, 0.2) is 6.04 Å². The Morgan fingerprint density at radius 1 is 0.800 bits per heavy atom. The van der Waals surface area contributed by atoms with Crippen LogP contribution in [0.1, 0.15) is 64.2 Å². The highest BCUT2D eigenvalue weighted by atomic mass is 14.9. The number of aliphatic imine (C=N–C) groups is 1. The van der Waals surface area contributed by atoms with Crippen molar-refractivity contribution in [3.8, 4) is 0 Å². The van der Waals surface area contributed by atoms with Crippen molar-refractivity contribution in [2.24, 2.45) is 4.99 Å². The van der Waals surface area contributed by atoms with Crippen LogP contribution in [0.5, 0.6) is 0 Å². The zero-order chi connectivity index (χ0) is 10.3. The maximum atomic E-state index is 4.52. The summed E-state index contributed by atoms with van der Waals surface area (Å²) < 4.78 is 0. The molecule has 0 bridgehead atoms. The van der Waals surface area contributed by atoms with E-state index < -0.39 is 0 Å². The Balaban J connectivity index is 1.77. The van der Waals surface area contributed by atoms with Gasteiger partial charge >= 0.3 is 6.01 Å². The van der Waals surface area contributed by atoms with E-state index in [4.69, 9.17) is 0 Å². The maximum Gasteiger partial charge on any atom is 0.304 e. The summed E-state index contributed by atoms with van der Waals surface area (Å²) in [5.41, 5.74) is 0. The third-order valence-electron chi connectivity index (χ3n) is 3.70. The molecule has 2 saturated carbocycles. The SMILES string of the molecule is C(=NC1CCCCC1)=[NH+]C1CCCCC1. The first kappa shape index (κ1) is 10.9. The van der Waals surface area contributed by atoms with Gasteiger partial charge in [-0.1, -0.05) is 12.8 Å². The van der Waals surface area contributed by atoms with E-state index >= 15 is 0 Å². The highest BCUT2D eigenvalue weighted by Crippen LogP contribution is 2.19. The number of nitrogens with one attached hydrogen (secondary N) is 1. The normalized spacial score (nSPS) is 24.5. The first-order chi connectivity index (χ1) is 7.45. The van der Waals surface area contributed by atoms with Crippen molar-refractivity contribution < 1.29 is 4.99 Å². The lowest BCUT2D eigenvalue weighted by Crippen LogP contribution is -2.75. The lowest BCUT2D eigenvalue weighted by molar-refractivity contribution is -0.501. The van der Waals surface area contributed by atoms with Crippen LogP contribution >= 0.6 is 0 Å². The van der Waals surface area contributed by atoms with Crippen molar-refractivity contribution in [2.45, 2.75) is 76.3 Å². The molecule has 1 N–H and O–H groups in total. The van der Waals surface area contributed by atoms with Gasteiger partial charge < -0.3 is 0 Å². The number of hydrogen-bond acceptors (Lipinski definition) is 1. The van der Waals surface area contributed by atoms with Gasteiger partial charge in [0.1, 0.15) is 6.04 Å². The fraction of sp³-hybridized carbons (Fsp3) is 0.923. The molecule has 2 heteroatoms. The molecule has 0 radical (unpaired) electrons. The van der Waals surface area contributed by atoms with E-state index in [-0.39, 0.29) is 0 Å². The van der Waals surface area contributed by atoms with Gasteiger partial charge in [0, 0.05) is 0 Å². The van der Waals surface area contributed by atoms with Gasteiger partial charge in [0.05, 0.1) is 0 Å². The average molecular weight is 207 g/mol.